The first kappa shape index (κ1) is 6.77. The molecule has 0 heterocycles. The van der Waals surface area contributed by atoms with Gasteiger partial charge in [-0.2, -0.15) is 5.26 Å². The van der Waals surface area contributed by atoms with Crippen molar-refractivity contribution in [3.63, 3.8) is 0 Å². The van der Waals surface area contributed by atoms with E-state index in [1.807, 2.05) is 6.07 Å². The summed E-state index contributed by atoms with van der Waals surface area (Å²) in [7, 11) is 0. The fourth-order valence-electron chi connectivity index (χ4n) is 0.248. The van der Waals surface area contributed by atoms with E-state index >= 15 is 0 Å². The predicted molar refractivity (Wildman–Crippen MR) is 33.0 cm³/mol. The van der Waals surface area contributed by atoms with Crippen molar-refractivity contribution in [3.05, 3.63) is 24.9 Å². The maximum Gasteiger partial charge on any atom is 0.0927 e. The molecule has 0 saturated heterocycles. The van der Waals surface area contributed by atoms with Crippen LogP contribution in [0.4, 0.5) is 0 Å². The topological polar surface area (TPSA) is 35.8 Å². The molecule has 0 radical (unpaired) electrons. The molecular formula is C6H8N2. The lowest BCUT2D eigenvalue weighted by Gasteiger charge is -1.86. The van der Waals surface area contributed by atoms with Gasteiger partial charge in [0.2, 0.25) is 0 Å². The standard InChI is InChI=1S/C6H8N2/c1-2-5-8-6-3-4-7/h2-3,6,8H,1,5H2/b6-3-. The van der Waals surface area contributed by atoms with Gasteiger partial charge in [0.25, 0.3) is 0 Å². The largest absolute Gasteiger partial charge is 0.387 e. The molecule has 0 fully saturated rings. The maximum absolute atomic E-state index is 7.96. The summed E-state index contributed by atoms with van der Waals surface area (Å²) in [5.74, 6) is 0. The van der Waals surface area contributed by atoms with Gasteiger partial charge in [-0.3, -0.25) is 0 Å². The molecule has 0 aromatic carbocycles. The van der Waals surface area contributed by atoms with Crippen LogP contribution in [-0.4, -0.2) is 6.54 Å². The lowest BCUT2D eigenvalue weighted by molar-refractivity contribution is 0.988. The van der Waals surface area contributed by atoms with Gasteiger partial charge in [-0.15, -0.1) is 6.58 Å². The lowest BCUT2D eigenvalue weighted by atomic mass is 10.6. The van der Waals surface area contributed by atoms with Crippen LogP contribution in [0.15, 0.2) is 24.9 Å². The Hall–Kier alpha value is -1.23. The minimum absolute atomic E-state index is 0.707. The van der Waals surface area contributed by atoms with Crippen LogP contribution in [0, 0.1) is 11.3 Å². The van der Waals surface area contributed by atoms with E-state index in [-0.39, 0.29) is 0 Å². The van der Waals surface area contributed by atoms with Crippen molar-refractivity contribution in [2.24, 2.45) is 0 Å². The summed E-state index contributed by atoms with van der Waals surface area (Å²) in [5.41, 5.74) is 0. The summed E-state index contributed by atoms with van der Waals surface area (Å²) in [6.07, 6.45) is 4.69. The number of nitrogens with one attached hydrogen (secondary N) is 1. The SMILES string of the molecule is C=CCN/C=C\C#N. The van der Waals surface area contributed by atoms with E-state index in [4.69, 9.17) is 5.26 Å². The van der Waals surface area contributed by atoms with Crippen LogP contribution in [0.3, 0.4) is 0 Å². The van der Waals surface area contributed by atoms with Gasteiger partial charge in [0.05, 0.1) is 6.07 Å². The second-order valence-corrected chi connectivity index (χ2v) is 1.16. The van der Waals surface area contributed by atoms with E-state index < -0.39 is 0 Å². The van der Waals surface area contributed by atoms with E-state index in [0.717, 1.165) is 0 Å². The molecule has 0 aliphatic carbocycles. The quantitative estimate of drug-likeness (QED) is 0.330. The Morgan fingerprint density at radius 2 is 2.50 bits per heavy atom. The molecule has 0 unspecified atom stereocenters. The zero-order chi connectivity index (χ0) is 6.24. The first-order valence-corrected chi connectivity index (χ1v) is 2.30. The third-order valence-electron chi connectivity index (χ3n) is 0.538. The first-order valence-electron chi connectivity index (χ1n) is 2.30. The van der Waals surface area contributed by atoms with E-state index in [9.17, 15) is 0 Å². The molecule has 0 spiro atoms. The summed E-state index contributed by atoms with van der Waals surface area (Å²) in [6.45, 7) is 4.19. The van der Waals surface area contributed by atoms with E-state index in [1.165, 1.54) is 6.08 Å². The Labute approximate surface area is 49.1 Å². The molecular weight excluding hydrogens is 100 g/mol. The second-order valence-electron chi connectivity index (χ2n) is 1.16. The van der Waals surface area contributed by atoms with Gasteiger partial charge in [-0.25, -0.2) is 0 Å². The summed E-state index contributed by atoms with van der Waals surface area (Å²) < 4.78 is 0. The zero-order valence-corrected chi connectivity index (χ0v) is 4.59. The molecule has 0 rings (SSSR count). The van der Waals surface area contributed by atoms with Crippen LogP contribution in [0.2, 0.25) is 0 Å². The van der Waals surface area contributed by atoms with Crippen LogP contribution in [0.5, 0.6) is 0 Å². The smallest absolute Gasteiger partial charge is 0.0927 e. The Balaban J connectivity index is 3.06. The van der Waals surface area contributed by atoms with Crippen LogP contribution >= 0.6 is 0 Å². The highest BCUT2D eigenvalue weighted by Gasteiger charge is 1.65. The lowest BCUT2D eigenvalue weighted by Crippen LogP contribution is -2.02. The molecule has 0 aromatic rings. The van der Waals surface area contributed by atoms with Crippen LogP contribution in [0.25, 0.3) is 0 Å². The number of allylic oxidation sites excluding steroid dienone is 1. The summed E-state index contributed by atoms with van der Waals surface area (Å²) in [5, 5.41) is 10.8. The number of rotatable bonds is 3. The van der Waals surface area contributed by atoms with Crippen molar-refractivity contribution < 1.29 is 0 Å². The number of nitriles is 1. The van der Waals surface area contributed by atoms with Gasteiger partial charge in [0.1, 0.15) is 0 Å². The average Bonchev–Trinajstić information content (AvgIpc) is 1.81. The molecule has 2 heteroatoms. The van der Waals surface area contributed by atoms with Crippen molar-refractivity contribution >= 4 is 0 Å². The molecule has 0 aliphatic rings. The normalized spacial score (nSPS) is 8.38. The summed E-state index contributed by atoms with van der Waals surface area (Å²) in [4.78, 5) is 0. The van der Waals surface area contributed by atoms with Crippen molar-refractivity contribution in [2.75, 3.05) is 6.54 Å². The molecule has 8 heavy (non-hydrogen) atoms. The fraction of sp³-hybridized carbons (Fsp3) is 0.167. The fourth-order valence-corrected chi connectivity index (χ4v) is 0.248. The van der Waals surface area contributed by atoms with Gasteiger partial charge in [-0.1, -0.05) is 6.08 Å². The molecule has 0 aromatic heterocycles. The highest BCUT2D eigenvalue weighted by atomic mass is 14.8. The number of hydrogen-bond acceptors (Lipinski definition) is 2. The predicted octanol–water partition coefficient (Wildman–Crippen LogP) is 0.799. The Morgan fingerprint density at radius 1 is 1.75 bits per heavy atom. The third-order valence-corrected chi connectivity index (χ3v) is 0.538. The van der Waals surface area contributed by atoms with Crippen molar-refractivity contribution in [1.29, 1.82) is 5.26 Å². The van der Waals surface area contributed by atoms with E-state index in [0.29, 0.717) is 6.54 Å². The number of nitrogens with zero attached hydrogens (tertiary/aromatic N) is 1. The van der Waals surface area contributed by atoms with Gasteiger partial charge in [-0.05, 0) is 0 Å². The molecule has 42 valence electrons. The highest BCUT2D eigenvalue weighted by Crippen LogP contribution is 1.62. The molecule has 0 atom stereocenters. The van der Waals surface area contributed by atoms with E-state index in [2.05, 4.69) is 11.9 Å². The van der Waals surface area contributed by atoms with Crippen LogP contribution in [-0.2, 0) is 0 Å². The maximum atomic E-state index is 7.96. The van der Waals surface area contributed by atoms with E-state index in [1.54, 1.807) is 12.3 Å². The summed E-state index contributed by atoms with van der Waals surface area (Å²) in [6, 6.07) is 1.85. The first-order chi connectivity index (χ1) is 3.91. The number of hydrogen-bond donors (Lipinski definition) is 1. The molecule has 0 aliphatic heterocycles. The van der Waals surface area contributed by atoms with Gasteiger partial charge in [0, 0.05) is 18.8 Å². The summed E-state index contributed by atoms with van der Waals surface area (Å²) >= 11 is 0. The molecule has 0 bridgehead atoms. The van der Waals surface area contributed by atoms with Gasteiger partial charge in [0.15, 0.2) is 0 Å². The molecule has 1 N–H and O–H groups in total. The Kier molecular flexibility index (Phi) is 4.88. The molecule has 2 nitrogen and oxygen atoms in total. The van der Waals surface area contributed by atoms with Crippen molar-refractivity contribution in [2.45, 2.75) is 0 Å². The average molecular weight is 108 g/mol. The van der Waals surface area contributed by atoms with Crippen LogP contribution < -0.4 is 5.32 Å². The van der Waals surface area contributed by atoms with Crippen molar-refractivity contribution in [1.82, 2.24) is 5.32 Å². The highest BCUT2D eigenvalue weighted by molar-refractivity contribution is 5.00. The van der Waals surface area contributed by atoms with Gasteiger partial charge < -0.3 is 5.32 Å². The second kappa shape index (κ2) is 5.77. The minimum atomic E-state index is 0.707. The minimum Gasteiger partial charge on any atom is -0.387 e. The molecule has 0 amide bonds. The van der Waals surface area contributed by atoms with Crippen molar-refractivity contribution in [3.8, 4) is 6.07 Å². The van der Waals surface area contributed by atoms with Crippen LogP contribution in [0.1, 0.15) is 0 Å². The third kappa shape index (κ3) is 4.77. The Bertz CT molecular complexity index is 119. The zero-order valence-electron chi connectivity index (χ0n) is 4.59. The molecule has 0 saturated carbocycles. The Morgan fingerprint density at radius 3 is 3.00 bits per heavy atom. The monoisotopic (exact) mass is 108 g/mol. The van der Waals surface area contributed by atoms with Gasteiger partial charge >= 0.3 is 0 Å².